The number of aryl methyl sites for hydroxylation is 2. The summed E-state index contributed by atoms with van der Waals surface area (Å²) in [5.41, 5.74) is 2.60. The third-order valence-electron chi connectivity index (χ3n) is 5.49. The molecule has 1 aromatic carbocycles. The second kappa shape index (κ2) is 7.67. The van der Waals surface area contributed by atoms with E-state index in [1.165, 1.54) is 23.6 Å². The molecule has 7 heteroatoms. The molecule has 0 saturated carbocycles. The minimum Gasteiger partial charge on any atom is -0.306 e. The summed E-state index contributed by atoms with van der Waals surface area (Å²) in [6, 6.07) is 11.4. The van der Waals surface area contributed by atoms with Crippen molar-refractivity contribution >= 4 is 0 Å². The van der Waals surface area contributed by atoms with Crippen LogP contribution in [-0.2, 0) is 13.5 Å². The molecule has 0 N–H and O–H groups in total. The second-order valence-corrected chi connectivity index (χ2v) is 7.68. The zero-order chi connectivity index (χ0) is 19.7. The second-order valence-electron chi connectivity index (χ2n) is 7.68. The Labute approximate surface area is 164 Å². The van der Waals surface area contributed by atoms with Gasteiger partial charge in [0.1, 0.15) is 5.69 Å². The van der Waals surface area contributed by atoms with Crippen LogP contribution in [0, 0.1) is 12.8 Å². The molecular formula is C21H26N6O. The van der Waals surface area contributed by atoms with Gasteiger partial charge in [0, 0.05) is 19.5 Å². The maximum Gasteiger partial charge on any atom is 0.266 e. The quantitative estimate of drug-likeness (QED) is 0.696. The Morgan fingerprint density at radius 2 is 1.79 bits per heavy atom. The average molecular weight is 378 g/mol. The van der Waals surface area contributed by atoms with Gasteiger partial charge in [0.2, 0.25) is 0 Å². The van der Waals surface area contributed by atoms with Gasteiger partial charge in [-0.25, -0.2) is 14.3 Å². The molecule has 7 nitrogen and oxygen atoms in total. The molecule has 1 saturated heterocycles. The number of hydrogen-bond acceptors (Lipinski definition) is 5. The predicted octanol–water partition coefficient (Wildman–Crippen LogP) is 2.22. The Balaban J connectivity index is 1.74. The van der Waals surface area contributed by atoms with E-state index in [2.05, 4.69) is 30.0 Å². The van der Waals surface area contributed by atoms with E-state index >= 15 is 0 Å². The van der Waals surface area contributed by atoms with Crippen molar-refractivity contribution in [2.45, 2.75) is 26.2 Å². The topological polar surface area (TPSA) is 68.8 Å². The number of rotatable bonds is 4. The monoisotopic (exact) mass is 378 g/mol. The third kappa shape index (κ3) is 3.75. The fraction of sp³-hybridized carbons (Fsp3) is 0.429. The standard InChI is InChI=1S/C21H26N6O/c1-15-6-4-5-7-18(15)27-21(17-8-9-20(28)26(3)23-17)22-19(24-27)14-16-10-12-25(2)13-11-16/h4-9,16H,10-14H2,1-3H3. The molecule has 146 valence electrons. The summed E-state index contributed by atoms with van der Waals surface area (Å²) in [4.78, 5) is 19.0. The number of para-hydroxylation sites is 1. The van der Waals surface area contributed by atoms with Gasteiger partial charge >= 0.3 is 0 Å². The molecule has 1 aliphatic heterocycles. The normalized spacial score (nSPS) is 15.8. The molecule has 1 aliphatic rings. The van der Waals surface area contributed by atoms with Crippen LogP contribution in [0.25, 0.3) is 17.2 Å². The first kappa shape index (κ1) is 18.6. The van der Waals surface area contributed by atoms with Gasteiger partial charge < -0.3 is 4.90 Å². The van der Waals surface area contributed by atoms with Crippen molar-refractivity contribution in [1.82, 2.24) is 29.4 Å². The molecule has 2 aromatic heterocycles. The number of hydrogen-bond donors (Lipinski definition) is 0. The zero-order valence-corrected chi connectivity index (χ0v) is 16.7. The summed E-state index contributed by atoms with van der Waals surface area (Å²) in [5.74, 6) is 2.11. The first-order chi connectivity index (χ1) is 13.5. The fourth-order valence-corrected chi connectivity index (χ4v) is 3.72. The van der Waals surface area contributed by atoms with Crippen LogP contribution in [0.15, 0.2) is 41.2 Å². The molecular weight excluding hydrogens is 352 g/mol. The third-order valence-corrected chi connectivity index (χ3v) is 5.49. The lowest BCUT2D eigenvalue weighted by Crippen LogP contribution is -2.31. The lowest BCUT2D eigenvalue weighted by atomic mass is 9.94. The number of nitrogens with zero attached hydrogens (tertiary/aromatic N) is 6. The van der Waals surface area contributed by atoms with E-state index < -0.39 is 0 Å². The maximum atomic E-state index is 11.8. The molecule has 0 amide bonds. The fourth-order valence-electron chi connectivity index (χ4n) is 3.72. The Morgan fingerprint density at radius 1 is 1.04 bits per heavy atom. The Kier molecular flexibility index (Phi) is 5.09. The van der Waals surface area contributed by atoms with Gasteiger partial charge in [-0.2, -0.15) is 10.2 Å². The lowest BCUT2D eigenvalue weighted by molar-refractivity contribution is 0.217. The molecule has 0 aliphatic carbocycles. The van der Waals surface area contributed by atoms with Gasteiger partial charge in [0.25, 0.3) is 5.56 Å². The highest BCUT2D eigenvalue weighted by Crippen LogP contribution is 2.24. The van der Waals surface area contributed by atoms with Gasteiger partial charge in [-0.3, -0.25) is 4.79 Å². The van der Waals surface area contributed by atoms with Crippen LogP contribution < -0.4 is 5.56 Å². The van der Waals surface area contributed by atoms with E-state index in [1.807, 2.05) is 22.9 Å². The average Bonchev–Trinajstić information content (AvgIpc) is 3.10. The summed E-state index contributed by atoms with van der Waals surface area (Å²) in [7, 11) is 3.82. The van der Waals surface area contributed by atoms with Crippen molar-refractivity contribution in [2.24, 2.45) is 13.0 Å². The van der Waals surface area contributed by atoms with Gasteiger partial charge in [-0.15, -0.1) is 0 Å². The van der Waals surface area contributed by atoms with Crippen molar-refractivity contribution in [3.63, 3.8) is 0 Å². The number of piperidine rings is 1. The molecule has 1 fully saturated rings. The Hall–Kier alpha value is -2.80. The molecule has 3 aromatic rings. The summed E-state index contributed by atoms with van der Waals surface area (Å²) in [6.07, 6.45) is 3.21. The lowest BCUT2D eigenvalue weighted by Gasteiger charge is -2.28. The van der Waals surface area contributed by atoms with Crippen molar-refractivity contribution < 1.29 is 0 Å². The van der Waals surface area contributed by atoms with E-state index in [0.29, 0.717) is 17.4 Å². The highest BCUT2D eigenvalue weighted by Gasteiger charge is 2.22. The van der Waals surface area contributed by atoms with Crippen LogP contribution in [-0.4, -0.2) is 49.6 Å². The summed E-state index contributed by atoms with van der Waals surface area (Å²) in [5, 5.41) is 9.25. The van der Waals surface area contributed by atoms with Gasteiger partial charge in [-0.05, 0) is 63.5 Å². The van der Waals surface area contributed by atoms with E-state index in [1.54, 1.807) is 13.1 Å². The Morgan fingerprint density at radius 3 is 2.50 bits per heavy atom. The van der Waals surface area contributed by atoms with Crippen LogP contribution in [0.4, 0.5) is 0 Å². The molecule has 0 spiro atoms. The molecule has 0 unspecified atom stereocenters. The van der Waals surface area contributed by atoms with Crippen molar-refractivity contribution in [2.75, 3.05) is 20.1 Å². The highest BCUT2D eigenvalue weighted by molar-refractivity contribution is 5.54. The van der Waals surface area contributed by atoms with Crippen LogP contribution >= 0.6 is 0 Å². The molecule has 0 radical (unpaired) electrons. The largest absolute Gasteiger partial charge is 0.306 e. The van der Waals surface area contributed by atoms with Crippen LogP contribution in [0.3, 0.4) is 0 Å². The molecule has 28 heavy (non-hydrogen) atoms. The first-order valence-corrected chi connectivity index (χ1v) is 9.76. The zero-order valence-electron chi connectivity index (χ0n) is 16.7. The molecule has 0 atom stereocenters. The maximum absolute atomic E-state index is 11.8. The van der Waals surface area contributed by atoms with E-state index in [0.717, 1.165) is 36.6 Å². The minimum absolute atomic E-state index is 0.141. The van der Waals surface area contributed by atoms with E-state index in [-0.39, 0.29) is 5.56 Å². The number of benzene rings is 1. The van der Waals surface area contributed by atoms with Crippen molar-refractivity contribution in [1.29, 1.82) is 0 Å². The minimum atomic E-state index is -0.141. The molecule has 4 rings (SSSR count). The number of likely N-dealkylation sites (tertiary alicyclic amines) is 1. The van der Waals surface area contributed by atoms with Crippen molar-refractivity contribution in [3.8, 4) is 17.2 Å². The van der Waals surface area contributed by atoms with E-state index in [9.17, 15) is 4.79 Å². The van der Waals surface area contributed by atoms with Crippen molar-refractivity contribution in [3.05, 3.63) is 58.1 Å². The summed E-state index contributed by atoms with van der Waals surface area (Å²) in [6.45, 7) is 4.31. The SMILES string of the molecule is Cc1ccccc1-n1nc(CC2CCN(C)CC2)nc1-c1ccc(=O)n(C)n1. The van der Waals surface area contributed by atoms with Crippen LogP contribution in [0.5, 0.6) is 0 Å². The smallest absolute Gasteiger partial charge is 0.266 e. The van der Waals surface area contributed by atoms with Crippen LogP contribution in [0.2, 0.25) is 0 Å². The summed E-state index contributed by atoms with van der Waals surface area (Å²) >= 11 is 0. The molecule has 3 heterocycles. The van der Waals surface area contributed by atoms with Gasteiger partial charge in [0.15, 0.2) is 11.6 Å². The number of aromatic nitrogens is 5. The van der Waals surface area contributed by atoms with Gasteiger partial charge in [0.05, 0.1) is 5.69 Å². The summed E-state index contributed by atoms with van der Waals surface area (Å²) < 4.78 is 3.20. The predicted molar refractivity (Wildman–Crippen MR) is 108 cm³/mol. The highest BCUT2D eigenvalue weighted by atomic mass is 16.1. The van der Waals surface area contributed by atoms with Crippen LogP contribution in [0.1, 0.15) is 24.2 Å². The first-order valence-electron chi connectivity index (χ1n) is 9.76. The molecule has 0 bridgehead atoms. The van der Waals surface area contributed by atoms with E-state index in [4.69, 9.17) is 10.1 Å². The van der Waals surface area contributed by atoms with Gasteiger partial charge in [-0.1, -0.05) is 18.2 Å². The Bertz CT molecular complexity index is 1030.